The summed E-state index contributed by atoms with van der Waals surface area (Å²) in [5.74, 6) is 1.00. The van der Waals surface area contributed by atoms with Gasteiger partial charge in [0.2, 0.25) is 0 Å². The number of ketones is 1. The second-order valence-corrected chi connectivity index (χ2v) is 5.73. The van der Waals surface area contributed by atoms with E-state index in [0.29, 0.717) is 6.42 Å². The van der Waals surface area contributed by atoms with Gasteiger partial charge in [-0.25, -0.2) is 0 Å². The molecule has 96 valence electrons. The maximum Gasteiger partial charge on any atom is 0.170 e. The molecule has 18 heavy (non-hydrogen) atoms. The monoisotopic (exact) mass is 245 g/mol. The number of aryl methyl sites for hydroxylation is 1. The average Bonchev–Trinajstić information content (AvgIpc) is 2.30. The van der Waals surface area contributed by atoms with Crippen molar-refractivity contribution in [2.75, 3.05) is 20.1 Å². The van der Waals surface area contributed by atoms with E-state index in [1.807, 2.05) is 25.1 Å². The molecule has 2 heterocycles. The third-order valence-corrected chi connectivity index (χ3v) is 3.97. The van der Waals surface area contributed by atoms with Crippen LogP contribution >= 0.6 is 0 Å². The molecular formula is C15H19NO2. The van der Waals surface area contributed by atoms with Gasteiger partial charge < -0.3 is 9.64 Å². The van der Waals surface area contributed by atoms with Gasteiger partial charge in [-0.3, -0.25) is 4.79 Å². The van der Waals surface area contributed by atoms with Crippen molar-refractivity contribution in [1.82, 2.24) is 4.90 Å². The quantitative estimate of drug-likeness (QED) is 0.703. The number of likely N-dealkylation sites (tertiary alicyclic amines) is 1. The molecule has 1 aromatic carbocycles. The van der Waals surface area contributed by atoms with E-state index in [0.717, 1.165) is 42.8 Å². The Morgan fingerprint density at radius 2 is 2.22 bits per heavy atom. The number of carbonyl (C=O) groups is 1. The summed E-state index contributed by atoms with van der Waals surface area (Å²) in [5.41, 5.74) is 1.59. The highest BCUT2D eigenvalue weighted by Gasteiger charge is 2.42. The van der Waals surface area contributed by atoms with Crippen molar-refractivity contribution in [3.05, 3.63) is 29.3 Å². The molecule has 1 saturated heterocycles. The maximum absolute atomic E-state index is 12.3. The standard InChI is InChI=1S/C15H19NO2/c1-11-4-5-14-12(8-11)13(17)9-15(18-14)6-3-7-16(2)10-15/h4-5,8H,3,6-7,9-10H2,1-2H3. The Kier molecular flexibility index (Phi) is 2.67. The third kappa shape index (κ3) is 1.93. The molecule has 1 aromatic rings. The number of Topliss-reactive ketones (excluding diaryl/α,β-unsaturated/α-hetero) is 1. The summed E-state index contributed by atoms with van der Waals surface area (Å²) >= 11 is 0. The molecular weight excluding hydrogens is 226 g/mol. The summed E-state index contributed by atoms with van der Waals surface area (Å²) in [6, 6.07) is 5.90. The molecule has 0 saturated carbocycles. The molecule has 1 fully saturated rings. The van der Waals surface area contributed by atoms with Crippen LogP contribution in [0.3, 0.4) is 0 Å². The van der Waals surface area contributed by atoms with Crippen molar-refractivity contribution in [3.8, 4) is 5.75 Å². The van der Waals surface area contributed by atoms with Gasteiger partial charge in [0.05, 0.1) is 12.0 Å². The highest BCUT2D eigenvalue weighted by Crippen LogP contribution is 2.38. The molecule has 0 amide bonds. The van der Waals surface area contributed by atoms with Crippen molar-refractivity contribution in [3.63, 3.8) is 0 Å². The van der Waals surface area contributed by atoms with E-state index in [1.165, 1.54) is 0 Å². The van der Waals surface area contributed by atoms with E-state index < -0.39 is 0 Å². The Balaban J connectivity index is 1.96. The van der Waals surface area contributed by atoms with Gasteiger partial charge in [0.15, 0.2) is 5.78 Å². The molecule has 0 aromatic heterocycles. The first-order valence-corrected chi connectivity index (χ1v) is 6.59. The zero-order valence-corrected chi connectivity index (χ0v) is 11.0. The van der Waals surface area contributed by atoms with E-state index in [9.17, 15) is 4.79 Å². The lowest BCUT2D eigenvalue weighted by Gasteiger charge is -2.43. The van der Waals surface area contributed by atoms with Gasteiger partial charge in [-0.15, -0.1) is 0 Å². The van der Waals surface area contributed by atoms with Crippen molar-refractivity contribution >= 4 is 5.78 Å². The molecule has 3 heteroatoms. The van der Waals surface area contributed by atoms with E-state index in [1.54, 1.807) is 0 Å². The summed E-state index contributed by atoms with van der Waals surface area (Å²) in [6.07, 6.45) is 2.61. The Morgan fingerprint density at radius 1 is 1.39 bits per heavy atom. The second kappa shape index (κ2) is 4.09. The minimum absolute atomic E-state index is 0.232. The van der Waals surface area contributed by atoms with Crippen molar-refractivity contribution < 1.29 is 9.53 Å². The number of rotatable bonds is 0. The number of piperidine rings is 1. The summed E-state index contributed by atoms with van der Waals surface area (Å²) in [7, 11) is 2.10. The highest BCUT2D eigenvalue weighted by molar-refractivity contribution is 6.00. The molecule has 2 aliphatic heterocycles. The van der Waals surface area contributed by atoms with Gasteiger partial charge in [-0.2, -0.15) is 0 Å². The van der Waals surface area contributed by atoms with Crippen molar-refractivity contribution in [2.45, 2.75) is 31.8 Å². The number of carbonyl (C=O) groups excluding carboxylic acids is 1. The van der Waals surface area contributed by atoms with Gasteiger partial charge in [-0.1, -0.05) is 11.6 Å². The minimum atomic E-state index is -0.285. The fraction of sp³-hybridized carbons (Fsp3) is 0.533. The molecule has 1 atom stereocenters. The van der Waals surface area contributed by atoms with E-state index in [2.05, 4.69) is 11.9 Å². The Labute approximate surface area is 108 Å². The largest absolute Gasteiger partial charge is 0.485 e. The molecule has 0 radical (unpaired) electrons. The van der Waals surface area contributed by atoms with E-state index >= 15 is 0 Å². The number of benzene rings is 1. The van der Waals surface area contributed by atoms with Crippen molar-refractivity contribution in [2.24, 2.45) is 0 Å². The minimum Gasteiger partial charge on any atom is -0.485 e. The number of hydrogen-bond donors (Lipinski definition) is 0. The first-order chi connectivity index (χ1) is 8.58. The zero-order valence-electron chi connectivity index (χ0n) is 11.0. The van der Waals surface area contributed by atoms with Gasteiger partial charge in [0.25, 0.3) is 0 Å². The van der Waals surface area contributed by atoms with Crippen LogP contribution in [0, 0.1) is 6.92 Å². The maximum atomic E-state index is 12.3. The summed E-state index contributed by atoms with van der Waals surface area (Å²) in [5, 5.41) is 0. The lowest BCUT2D eigenvalue weighted by atomic mass is 9.83. The molecule has 1 unspecified atom stereocenters. The summed E-state index contributed by atoms with van der Waals surface area (Å²) < 4.78 is 6.19. The van der Waals surface area contributed by atoms with Crippen LogP contribution in [-0.4, -0.2) is 36.4 Å². The molecule has 0 N–H and O–H groups in total. The Bertz CT molecular complexity index is 497. The predicted molar refractivity (Wildman–Crippen MR) is 70.2 cm³/mol. The van der Waals surface area contributed by atoms with Gasteiger partial charge in [0.1, 0.15) is 11.4 Å². The molecule has 0 aliphatic carbocycles. The lowest BCUT2D eigenvalue weighted by Crippen LogP contribution is -2.53. The molecule has 0 bridgehead atoms. The van der Waals surface area contributed by atoms with Crippen LogP contribution in [0.25, 0.3) is 0 Å². The molecule has 3 nitrogen and oxygen atoms in total. The average molecular weight is 245 g/mol. The number of likely N-dealkylation sites (N-methyl/N-ethyl adjacent to an activating group) is 1. The number of nitrogens with zero attached hydrogens (tertiary/aromatic N) is 1. The van der Waals surface area contributed by atoms with E-state index in [-0.39, 0.29) is 11.4 Å². The second-order valence-electron chi connectivity index (χ2n) is 5.73. The smallest absolute Gasteiger partial charge is 0.170 e. The lowest BCUT2D eigenvalue weighted by molar-refractivity contribution is -0.0104. The molecule has 1 spiro atoms. The topological polar surface area (TPSA) is 29.5 Å². The number of ether oxygens (including phenoxy) is 1. The zero-order chi connectivity index (χ0) is 12.8. The summed E-state index contributed by atoms with van der Waals surface area (Å²) in [4.78, 5) is 14.6. The van der Waals surface area contributed by atoms with Gasteiger partial charge >= 0.3 is 0 Å². The van der Waals surface area contributed by atoms with Crippen molar-refractivity contribution in [1.29, 1.82) is 0 Å². The van der Waals surface area contributed by atoms with Crippen LogP contribution in [0.1, 0.15) is 35.2 Å². The predicted octanol–water partition coefficient (Wildman–Crippen LogP) is 2.42. The van der Waals surface area contributed by atoms with Crippen LogP contribution in [-0.2, 0) is 0 Å². The highest BCUT2D eigenvalue weighted by atomic mass is 16.5. The number of fused-ring (bicyclic) bond motifs is 1. The van der Waals surface area contributed by atoms with Gasteiger partial charge in [0, 0.05) is 6.54 Å². The van der Waals surface area contributed by atoms with Crippen LogP contribution in [0.2, 0.25) is 0 Å². The third-order valence-electron chi connectivity index (χ3n) is 3.97. The first-order valence-electron chi connectivity index (χ1n) is 6.59. The van der Waals surface area contributed by atoms with Gasteiger partial charge in [-0.05, 0) is 45.5 Å². The fourth-order valence-corrected chi connectivity index (χ4v) is 3.16. The van der Waals surface area contributed by atoms with E-state index in [4.69, 9.17) is 4.74 Å². The molecule has 2 aliphatic rings. The Morgan fingerprint density at radius 3 is 3.00 bits per heavy atom. The summed E-state index contributed by atoms with van der Waals surface area (Å²) in [6.45, 7) is 3.96. The first kappa shape index (κ1) is 11.7. The van der Waals surface area contributed by atoms with Crippen LogP contribution in [0.4, 0.5) is 0 Å². The van der Waals surface area contributed by atoms with Crippen LogP contribution in [0.5, 0.6) is 5.75 Å². The fourth-order valence-electron chi connectivity index (χ4n) is 3.16. The van der Waals surface area contributed by atoms with Crippen LogP contribution < -0.4 is 4.74 Å². The Hall–Kier alpha value is -1.35. The van der Waals surface area contributed by atoms with Crippen LogP contribution in [0.15, 0.2) is 18.2 Å². The SMILES string of the molecule is Cc1ccc2c(c1)C(=O)CC1(CCCN(C)C1)O2. The number of hydrogen-bond acceptors (Lipinski definition) is 3. The molecule has 3 rings (SSSR count). The normalized spacial score (nSPS) is 28.0.